The summed E-state index contributed by atoms with van der Waals surface area (Å²) in [5.41, 5.74) is 22.8. The fraction of sp³-hybridized carbons (Fsp3) is 0.229. The average molecular weight is 1010 g/mol. The Kier molecular flexibility index (Phi) is 11.3. The van der Waals surface area contributed by atoms with Crippen LogP contribution < -0.4 is 35.7 Å². The summed E-state index contributed by atoms with van der Waals surface area (Å²) in [6.07, 6.45) is 0.823. The molecule has 0 aliphatic carbocycles. The molecule has 0 unspecified atom stereocenters. The molecule has 0 saturated heterocycles. The molecule has 0 amide bonds. The van der Waals surface area contributed by atoms with Crippen molar-refractivity contribution in [2.45, 2.75) is 91.9 Å². The van der Waals surface area contributed by atoms with Gasteiger partial charge in [-0.3, -0.25) is 0 Å². The molecule has 376 valence electrons. The molecule has 0 bridgehead atoms. The Morgan fingerprint density at radius 1 is 0.434 bits per heavy atom. The largest absolute Gasteiger partial charge is 0.489 e. The maximum Gasteiger partial charge on any atom is 0.252 e. The quantitative estimate of drug-likeness (QED) is 0.160. The highest BCUT2D eigenvalue weighted by Crippen LogP contribution is 2.51. The molecule has 3 aliphatic rings. The lowest BCUT2D eigenvalue weighted by Crippen LogP contribution is -2.61. The van der Waals surface area contributed by atoms with Gasteiger partial charge in [-0.05, 0) is 162 Å². The zero-order valence-corrected chi connectivity index (χ0v) is 46.4. The molecule has 1 aromatic heterocycles. The summed E-state index contributed by atoms with van der Waals surface area (Å²) in [5.74, 6) is 1.61. The van der Waals surface area contributed by atoms with E-state index in [9.17, 15) is 0 Å². The van der Waals surface area contributed by atoms with E-state index in [1.165, 1.54) is 104 Å². The number of nitrogens with zero attached hydrogens (tertiary/aromatic N) is 2. The van der Waals surface area contributed by atoms with Crippen LogP contribution in [0.2, 0.25) is 0 Å². The Hall–Kier alpha value is -7.54. The highest BCUT2D eigenvalue weighted by molar-refractivity contribution is 7.25. The van der Waals surface area contributed by atoms with Gasteiger partial charge in [0.15, 0.2) is 11.5 Å². The van der Waals surface area contributed by atoms with E-state index in [0.717, 1.165) is 40.7 Å². The van der Waals surface area contributed by atoms with Crippen LogP contribution in [0.5, 0.6) is 11.5 Å². The minimum atomic E-state index is -0.106. The number of hydrogen-bond donors (Lipinski definition) is 0. The Bertz CT molecular complexity index is 3850. The summed E-state index contributed by atoms with van der Waals surface area (Å²) in [4.78, 5) is 5.07. The van der Waals surface area contributed by atoms with E-state index in [1.807, 2.05) is 11.3 Å². The van der Waals surface area contributed by atoms with E-state index in [0.29, 0.717) is 13.2 Å². The molecule has 6 heteroatoms. The van der Waals surface area contributed by atoms with Crippen molar-refractivity contribution in [3.05, 3.63) is 198 Å². The third-order valence-corrected chi connectivity index (χ3v) is 17.3. The predicted molar refractivity (Wildman–Crippen MR) is 326 cm³/mol. The van der Waals surface area contributed by atoms with E-state index in [-0.39, 0.29) is 23.0 Å². The molecule has 3 aliphatic heterocycles. The van der Waals surface area contributed by atoms with E-state index >= 15 is 0 Å². The molecule has 0 N–H and O–H groups in total. The van der Waals surface area contributed by atoms with Crippen LogP contribution in [-0.2, 0) is 16.2 Å². The third-order valence-electron chi connectivity index (χ3n) is 16.1. The van der Waals surface area contributed by atoms with Crippen molar-refractivity contribution in [2.75, 3.05) is 23.0 Å². The van der Waals surface area contributed by atoms with Crippen molar-refractivity contribution in [1.82, 2.24) is 0 Å². The Balaban J connectivity index is 1.09. The van der Waals surface area contributed by atoms with Gasteiger partial charge in [-0.2, -0.15) is 0 Å². The van der Waals surface area contributed by atoms with Gasteiger partial charge in [0.1, 0.15) is 0 Å². The van der Waals surface area contributed by atoms with Gasteiger partial charge >= 0.3 is 0 Å². The summed E-state index contributed by atoms with van der Waals surface area (Å²) in [7, 11) is 0. The maximum atomic E-state index is 6.86. The minimum Gasteiger partial charge on any atom is -0.489 e. The maximum absolute atomic E-state index is 6.86. The Labute approximate surface area is 453 Å². The fourth-order valence-corrected chi connectivity index (χ4v) is 13.1. The number of anilines is 6. The second-order valence-corrected chi connectivity index (χ2v) is 25.6. The third kappa shape index (κ3) is 8.19. The first kappa shape index (κ1) is 48.1. The van der Waals surface area contributed by atoms with Crippen molar-refractivity contribution in [2.24, 2.45) is 0 Å². The van der Waals surface area contributed by atoms with E-state index in [2.05, 4.69) is 255 Å². The summed E-state index contributed by atoms with van der Waals surface area (Å²) < 4.78 is 16.0. The lowest BCUT2D eigenvalue weighted by atomic mass is 9.33. The van der Waals surface area contributed by atoms with Crippen molar-refractivity contribution in [1.29, 1.82) is 0 Å². The van der Waals surface area contributed by atoms with Crippen LogP contribution in [0.3, 0.4) is 0 Å². The number of benzene rings is 9. The van der Waals surface area contributed by atoms with Crippen LogP contribution in [0.15, 0.2) is 176 Å². The van der Waals surface area contributed by atoms with Gasteiger partial charge in [-0.15, -0.1) is 11.3 Å². The summed E-state index contributed by atoms with van der Waals surface area (Å²) in [5, 5.41) is 2.62. The first-order chi connectivity index (χ1) is 36.5. The normalized spacial score (nSPS) is 14.2. The van der Waals surface area contributed by atoms with Crippen LogP contribution >= 0.6 is 11.3 Å². The molecule has 0 radical (unpaired) electrons. The molecule has 0 fully saturated rings. The van der Waals surface area contributed by atoms with Crippen molar-refractivity contribution < 1.29 is 9.47 Å². The monoisotopic (exact) mass is 1010 g/mol. The van der Waals surface area contributed by atoms with Gasteiger partial charge in [0.25, 0.3) is 6.71 Å². The van der Waals surface area contributed by atoms with Gasteiger partial charge in [-0.25, -0.2) is 0 Å². The molecular weight excluding hydrogens is 944 g/mol. The molecule has 0 spiro atoms. The first-order valence-electron chi connectivity index (χ1n) is 27.2. The van der Waals surface area contributed by atoms with E-state index in [4.69, 9.17) is 9.47 Å². The standard InChI is InChI=1S/C70H65BN2O2S/c1-43-36-60-65-61(37-43)73(53-28-26-52(27-29-53)70(8,9)10)66-58(32-33-62-67(66)75-35-13-34-74-62)71(65)57-31-21-46(47-20-30-56-55-14-11-12-15-63(55)76-64(56)42-47)41-59(57)72(60)54-39-48(44-16-22-50(23-17-44)68(2,3)4)38-49(40-54)45-18-24-51(25-19-45)69(5,6)7/h11-12,14-33,36-42H,13,34-35H2,1-10H3. The Morgan fingerprint density at radius 2 is 0.974 bits per heavy atom. The number of fused-ring (bicyclic) bond motifs is 9. The fourth-order valence-electron chi connectivity index (χ4n) is 12.0. The lowest BCUT2D eigenvalue weighted by Gasteiger charge is -2.45. The second kappa shape index (κ2) is 17.8. The highest BCUT2D eigenvalue weighted by Gasteiger charge is 2.45. The van der Waals surface area contributed by atoms with Crippen molar-refractivity contribution in [3.8, 4) is 44.9 Å². The van der Waals surface area contributed by atoms with Gasteiger partial charge in [0, 0.05) is 55.0 Å². The second-order valence-electron chi connectivity index (χ2n) is 24.5. The summed E-state index contributed by atoms with van der Waals surface area (Å²) in [6.45, 7) is 23.9. The smallest absolute Gasteiger partial charge is 0.252 e. The van der Waals surface area contributed by atoms with Crippen LogP contribution in [0, 0.1) is 6.92 Å². The van der Waals surface area contributed by atoms with E-state index in [1.54, 1.807) is 0 Å². The minimum absolute atomic E-state index is 0.00328. The molecule has 4 nitrogen and oxygen atoms in total. The molecule has 10 aromatic rings. The van der Waals surface area contributed by atoms with Crippen LogP contribution in [0.4, 0.5) is 34.1 Å². The number of ether oxygens (including phenoxy) is 2. The molecular formula is C70H65BN2O2S. The molecule has 4 heterocycles. The zero-order valence-electron chi connectivity index (χ0n) is 45.6. The van der Waals surface area contributed by atoms with Gasteiger partial charge in [-0.1, -0.05) is 172 Å². The lowest BCUT2D eigenvalue weighted by molar-refractivity contribution is 0.297. The average Bonchev–Trinajstić information content (AvgIpc) is 3.72. The van der Waals surface area contributed by atoms with Crippen LogP contribution in [0.1, 0.15) is 91.0 Å². The highest BCUT2D eigenvalue weighted by atomic mass is 32.1. The number of thiophene rings is 1. The number of rotatable bonds is 5. The predicted octanol–water partition coefficient (Wildman–Crippen LogP) is 17.5. The Morgan fingerprint density at radius 3 is 1.62 bits per heavy atom. The van der Waals surface area contributed by atoms with Crippen LogP contribution in [-0.4, -0.2) is 19.9 Å². The van der Waals surface area contributed by atoms with E-state index < -0.39 is 0 Å². The molecule has 0 saturated carbocycles. The SMILES string of the molecule is Cc1cc2c3c(c1)N(c1ccc(C(C)(C)C)cc1)c1c(ccc4c1OCCCO4)B3c1ccc(-c3ccc4c(c3)sc3ccccc34)cc1N2c1cc(-c2ccc(C(C)(C)C)cc2)cc(-c2ccc(C(C)(C)C)cc2)c1. The van der Waals surface area contributed by atoms with Gasteiger partial charge < -0.3 is 19.3 Å². The number of hydrogen-bond acceptors (Lipinski definition) is 5. The van der Waals surface area contributed by atoms with Gasteiger partial charge in [0.2, 0.25) is 0 Å². The topological polar surface area (TPSA) is 24.9 Å². The van der Waals surface area contributed by atoms with Gasteiger partial charge in [0.05, 0.1) is 18.9 Å². The van der Waals surface area contributed by atoms with Crippen molar-refractivity contribution >= 4 is 88.7 Å². The first-order valence-corrected chi connectivity index (χ1v) is 28.0. The molecule has 13 rings (SSSR count). The summed E-state index contributed by atoms with van der Waals surface area (Å²) in [6, 6.07) is 67.4. The number of aryl methyl sites for hydroxylation is 1. The van der Waals surface area contributed by atoms with Crippen molar-refractivity contribution in [3.63, 3.8) is 0 Å². The molecule has 9 aromatic carbocycles. The van der Waals surface area contributed by atoms with Crippen LogP contribution in [0.25, 0.3) is 53.6 Å². The zero-order chi connectivity index (χ0) is 52.4. The molecule has 0 atom stereocenters. The summed E-state index contributed by atoms with van der Waals surface area (Å²) >= 11 is 1.87. The molecule has 76 heavy (non-hydrogen) atoms.